The molecule has 2 heterocycles. The van der Waals surface area contributed by atoms with Crippen molar-refractivity contribution in [1.82, 2.24) is 10.2 Å². The van der Waals surface area contributed by atoms with E-state index in [0.29, 0.717) is 24.5 Å². The van der Waals surface area contributed by atoms with Crippen LogP contribution in [-0.2, 0) is 11.3 Å². The number of furan rings is 1. The van der Waals surface area contributed by atoms with Crippen molar-refractivity contribution in [2.24, 2.45) is 0 Å². The Bertz CT molecular complexity index is 1050. The Balaban J connectivity index is 1.40. The highest BCUT2D eigenvalue weighted by atomic mass is 32.2. The Labute approximate surface area is 191 Å². The van der Waals surface area contributed by atoms with Gasteiger partial charge in [0.2, 0.25) is 5.91 Å². The summed E-state index contributed by atoms with van der Waals surface area (Å²) < 4.78 is 10.9. The van der Waals surface area contributed by atoms with E-state index in [1.165, 1.54) is 0 Å². The predicted molar refractivity (Wildman–Crippen MR) is 124 cm³/mol. The minimum absolute atomic E-state index is 0.0856. The highest BCUT2D eigenvalue weighted by Gasteiger charge is 2.33. The highest BCUT2D eigenvalue weighted by Crippen LogP contribution is 2.39. The second kappa shape index (κ2) is 9.96. The first-order valence-corrected chi connectivity index (χ1v) is 11.7. The van der Waals surface area contributed by atoms with Gasteiger partial charge in [0.15, 0.2) is 0 Å². The van der Waals surface area contributed by atoms with Gasteiger partial charge in [-0.3, -0.25) is 9.59 Å². The lowest BCUT2D eigenvalue weighted by atomic mass is 10.1. The molecule has 6 nitrogen and oxygen atoms in total. The average Bonchev–Trinajstić information content (AvgIpc) is 3.45. The van der Waals surface area contributed by atoms with Gasteiger partial charge in [-0.25, -0.2) is 0 Å². The largest absolute Gasteiger partial charge is 0.494 e. The molecule has 0 saturated carbocycles. The molecule has 0 aliphatic carbocycles. The van der Waals surface area contributed by atoms with Gasteiger partial charge in [-0.2, -0.15) is 0 Å². The Morgan fingerprint density at radius 2 is 1.94 bits per heavy atom. The van der Waals surface area contributed by atoms with Gasteiger partial charge in [-0.1, -0.05) is 24.3 Å². The van der Waals surface area contributed by atoms with E-state index in [-0.39, 0.29) is 23.2 Å². The van der Waals surface area contributed by atoms with Crippen LogP contribution in [0.2, 0.25) is 0 Å². The van der Waals surface area contributed by atoms with Crippen LogP contribution in [0.15, 0.2) is 71.3 Å². The maximum Gasteiger partial charge on any atom is 0.251 e. The number of thioether (sulfide) groups is 1. The van der Waals surface area contributed by atoms with Gasteiger partial charge in [0.05, 0.1) is 31.2 Å². The zero-order valence-corrected chi connectivity index (χ0v) is 18.9. The lowest BCUT2D eigenvalue weighted by molar-refractivity contribution is -0.128. The maximum absolute atomic E-state index is 12.7. The second-order valence-corrected chi connectivity index (χ2v) is 8.65. The summed E-state index contributed by atoms with van der Waals surface area (Å²) in [5.41, 5.74) is 2.58. The summed E-state index contributed by atoms with van der Waals surface area (Å²) in [4.78, 5) is 26.9. The van der Waals surface area contributed by atoms with Crippen LogP contribution in [0.4, 0.5) is 0 Å². The molecule has 32 heavy (non-hydrogen) atoms. The van der Waals surface area contributed by atoms with Crippen LogP contribution in [0.5, 0.6) is 5.75 Å². The van der Waals surface area contributed by atoms with E-state index in [1.54, 1.807) is 18.0 Å². The fourth-order valence-corrected chi connectivity index (χ4v) is 4.84. The van der Waals surface area contributed by atoms with Gasteiger partial charge in [0.25, 0.3) is 5.91 Å². The number of carbonyl (C=O) groups excluding carboxylic acids is 2. The molecule has 1 aliphatic rings. The topological polar surface area (TPSA) is 71.8 Å². The van der Waals surface area contributed by atoms with Crippen molar-refractivity contribution in [1.29, 1.82) is 0 Å². The molecule has 1 aliphatic heterocycles. The first kappa shape index (κ1) is 22.0. The molecule has 0 unspecified atom stereocenters. The van der Waals surface area contributed by atoms with Crippen LogP contribution < -0.4 is 10.1 Å². The summed E-state index contributed by atoms with van der Waals surface area (Å²) in [7, 11) is 0. The molecule has 1 aromatic heterocycles. The zero-order chi connectivity index (χ0) is 22.5. The number of amides is 2. The minimum Gasteiger partial charge on any atom is -0.494 e. The predicted octanol–water partition coefficient (Wildman–Crippen LogP) is 4.94. The fourth-order valence-electron chi connectivity index (χ4n) is 3.65. The van der Waals surface area contributed by atoms with Crippen molar-refractivity contribution in [2.45, 2.75) is 31.8 Å². The van der Waals surface area contributed by atoms with Crippen LogP contribution in [0.25, 0.3) is 0 Å². The molecule has 0 radical (unpaired) electrons. The molecule has 0 spiro atoms. The molecule has 1 N–H and O–H groups in total. The summed E-state index contributed by atoms with van der Waals surface area (Å²) >= 11 is 1.58. The van der Waals surface area contributed by atoms with Gasteiger partial charge in [-0.15, -0.1) is 11.8 Å². The van der Waals surface area contributed by atoms with Crippen LogP contribution in [0, 0.1) is 0 Å². The lowest BCUT2D eigenvalue weighted by Crippen LogP contribution is -2.28. The number of hydrogen-bond donors (Lipinski definition) is 1. The van der Waals surface area contributed by atoms with E-state index in [1.807, 2.05) is 79.4 Å². The van der Waals surface area contributed by atoms with Crippen LogP contribution in [-0.4, -0.2) is 29.1 Å². The molecule has 2 amide bonds. The number of benzene rings is 2. The number of nitrogens with one attached hydrogen (secondary N) is 1. The number of hydrogen-bond acceptors (Lipinski definition) is 5. The molecular weight excluding hydrogens is 424 g/mol. The summed E-state index contributed by atoms with van der Waals surface area (Å²) in [5, 5.41) is 2.95. The third kappa shape index (κ3) is 4.99. The third-order valence-electron chi connectivity index (χ3n) is 5.37. The second-order valence-electron chi connectivity index (χ2n) is 7.58. The fraction of sp³-hybridized carbons (Fsp3) is 0.280. The molecule has 2 aromatic carbocycles. The first-order chi connectivity index (χ1) is 15.5. The Morgan fingerprint density at radius 1 is 1.19 bits per heavy atom. The Hall–Kier alpha value is -3.19. The number of nitrogens with zero attached hydrogens (tertiary/aromatic N) is 1. The van der Waals surface area contributed by atoms with Gasteiger partial charge in [0, 0.05) is 5.56 Å². The van der Waals surface area contributed by atoms with Gasteiger partial charge < -0.3 is 19.4 Å². The molecule has 4 rings (SSSR count). The van der Waals surface area contributed by atoms with E-state index in [2.05, 4.69) is 5.32 Å². The summed E-state index contributed by atoms with van der Waals surface area (Å²) in [5.74, 6) is 1.95. The normalized spacial score (nSPS) is 16.8. The Morgan fingerprint density at radius 3 is 2.59 bits per heavy atom. The molecule has 7 heteroatoms. The van der Waals surface area contributed by atoms with Crippen molar-refractivity contribution in [3.8, 4) is 5.75 Å². The van der Waals surface area contributed by atoms with Crippen molar-refractivity contribution >= 4 is 23.6 Å². The van der Waals surface area contributed by atoms with E-state index in [0.717, 1.165) is 22.6 Å². The summed E-state index contributed by atoms with van der Waals surface area (Å²) in [6.45, 7) is 4.96. The van der Waals surface area contributed by atoms with Gasteiger partial charge >= 0.3 is 0 Å². The van der Waals surface area contributed by atoms with E-state index < -0.39 is 0 Å². The molecule has 0 bridgehead atoms. The number of ether oxygens (including phenoxy) is 1. The van der Waals surface area contributed by atoms with Crippen molar-refractivity contribution in [2.75, 3.05) is 12.4 Å². The number of rotatable bonds is 8. The molecule has 1 fully saturated rings. The van der Waals surface area contributed by atoms with E-state index in [4.69, 9.17) is 9.15 Å². The lowest BCUT2D eigenvalue weighted by Gasteiger charge is -2.23. The molecule has 3 aromatic rings. The molecule has 166 valence electrons. The van der Waals surface area contributed by atoms with Crippen molar-refractivity contribution < 1.29 is 18.7 Å². The molecule has 1 saturated heterocycles. The van der Waals surface area contributed by atoms with Gasteiger partial charge in [0.1, 0.15) is 16.9 Å². The van der Waals surface area contributed by atoms with Crippen molar-refractivity contribution in [3.05, 3.63) is 89.4 Å². The van der Waals surface area contributed by atoms with E-state index in [9.17, 15) is 9.59 Å². The number of carbonyl (C=O) groups is 2. The zero-order valence-electron chi connectivity index (χ0n) is 18.1. The first-order valence-electron chi connectivity index (χ1n) is 10.6. The molecular formula is C25H26N2O4S. The van der Waals surface area contributed by atoms with Crippen molar-refractivity contribution in [3.63, 3.8) is 0 Å². The van der Waals surface area contributed by atoms with Gasteiger partial charge in [-0.05, 0) is 61.4 Å². The summed E-state index contributed by atoms with van der Waals surface area (Å²) in [6, 6.07) is 18.7. The summed E-state index contributed by atoms with van der Waals surface area (Å²) in [6.07, 6.45) is 1.61. The van der Waals surface area contributed by atoms with Crippen LogP contribution in [0.1, 0.15) is 52.5 Å². The average molecular weight is 451 g/mol. The quantitative estimate of drug-likeness (QED) is 0.526. The smallest absolute Gasteiger partial charge is 0.251 e. The third-order valence-corrected chi connectivity index (χ3v) is 6.63. The SMILES string of the molecule is CCOc1ccc([C@@H](C)NC(=O)c2ccc([C@@H]3SCC(=O)N3Cc3ccco3)cc2)cc1. The van der Waals surface area contributed by atoms with Crippen LogP contribution in [0.3, 0.4) is 0 Å². The Kier molecular flexibility index (Phi) is 6.85. The van der Waals surface area contributed by atoms with Crippen LogP contribution >= 0.6 is 11.8 Å². The molecule has 2 atom stereocenters. The minimum atomic E-state index is -0.138. The standard InChI is InChI=1S/C25H26N2O4S/c1-3-30-21-12-10-18(11-13-21)17(2)26-24(29)19-6-8-20(9-7-19)25-27(23(28)16-32-25)15-22-5-4-14-31-22/h4-14,17,25H,3,15-16H2,1-2H3,(H,26,29)/t17-,25+/m1/s1. The highest BCUT2D eigenvalue weighted by molar-refractivity contribution is 8.00. The van der Waals surface area contributed by atoms with E-state index >= 15 is 0 Å². The maximum atomic E-state index is 12.7. The monoisotopic (exact) mass is 450 g/mol.